The zero-order valence-corrected chi connectivity index (χ0v) is 15.5. The summed E-state index contributed by atoms with van der Waals surface area (Å²) in [6.45, 7) is 6.48. The molecule has 140 valence electrons. The number of hydrogen-bond acceptors (Lipinski definition) is 3. The number of imidazole rings is 1. The van der Waals surface area contributed by atoms with Crippen LogP contribution in [0.3, 0.4) is 0 Å². The van der Waals surface area contributed by atoms with Crippen LogP contribution in [0.15, 0.2) is 24.5 Å². The van der Waals surface area contributed by atoms with Gasteiger partial charge in [-0.05, 0) is 37.5 Å². The number of aromatic nitrogens is 3. The topological polar surface area (TPSA) is 102 Å². The minimum atomic E-state index is -0.910. The van der Waals surface area contributed by atoms with Crippen LogP contribution >= 0.6 is 0 Å². The van der Waals surface area contributed by atoms with E-state index in [2.05, 4.69) is 21.0 Å². The molecule has 27 heavy (non-hydrogen) atoms. The van der Waals surface area contributed by atoms with E-state index >= 15 is 0 Å². The number of H-pyrrole nitrogens is 2. The fourth-order valence-electron chi connectivity index (χ4n) is 4.15. The number of carbonyl (C=O) groups is 2. The number of carboxylic acid groups (broad SMARTS) is 1. The fraction of sp³-hybridized carbons (Fsp3) is 0.350. The number of nitrogens with zero attached hydrogens (tertiary/aromatic N) is 2. The van der Waals surface area contributed by atoms with Gasteiger partial charge >= 0.3 is 5.97 Å². The molecule has 2 atom stereocenters. The molecule has 3 aromatic rings. The molecule has 2 aromatic heterocycles. The zero-order chi connectivity index (χ0) is 19.3. The Labute approximate surface area is 156 Å². The third kappa shape index (κ3) is 2.70. The van der Waals surface area contributed by atoms with Gasteiger partial charge < -0.3 is 20.0 Å². The number of carbonyl (C=O) groups excluding carboxylic acids is 1. The van der Waals surface area contributed by atoms with Crippen LogP contribution in [0.25, 0.3) is 10.9 Å². The summed E-state index contributed by atoms with van der Waals surface area (Å²) in [5.74, 6) is -1.48. The Bertz CT molecular complexity index is 1040. The molecule has 1 aromatic carbocycles. The molecule has 0 unspecified atom stereocenters. The maximum Gasteiger partial charge on any atom is 0.309 e. The Balaban J connectivity index is 1.70. The lowest BCUT2D eigenvalue weighted by Gasteiger charge is -2.15. The Morgan fingerprint density at radius 1 is 1.19 bits per heavy atom. The number of aromatic amines is 2. The Hall–Kier alpha value is -3.09. The lowest BCUT2D eigenvalue weighted by Crippen LogP contribution is -2.30. The monoisotopic (exact) mass is 366 g/mol. The summed E-state index contributed by atoms with van der Waals surface area (Å²) in [5, 5.41) is 10.7. The second kappa shape index (κ2) is 6.26. The second-order valence-electron chi connectivity index (χ2n) is 7.31. The number of hydrogen-bond donors (Lipinski definition) is 3. The molecule has 3 heterocycles. The zero-order valence-electron chi connectivity index (χ0n) is 15.5. The highest BCUT2D eigenvalue weighted by molar-refractivity contribution is 6.03. The van der Waals surface area contributed by atoms with Crippen LogP contribution in [-0.2, 0) is 4.79 Å². The largest absolute Gasteiger partial charge is 0.481 e. The molecule has 4 rings (SSSR count). The lowest BCUT2D eigenvalue weighted by molar-refractivity contribution is -0.141. The van der Waals surface area contributed by atoms with Crippen LogP contribution in [0.2, 0.25) is 0 Å². The Morgan fingerprint density at radius 3 is 2.56 bits per heavy atom. The number of aryl methyl sites for hydroxylation is 3. The van der Waals surface area contributed by atoms with Crippen LogP contribution in [0, 0.1) is 26.7 Å². The van der Waals surface area contributed by atoms with Gasteiger partial charge in [0.25, 0.3) is 5.91 Å². The van der Waals surface area contributed by atoms with Crippen molar-refractivity contribution < 1.29 is 14.7 Å². The van der Waals surface area contributed by atoms with Gasteiger partial charge in [0.2, 0.25) is 0 Å². The number of likely N-dealkylation sites (tertiary alicyclic amines) is 1. The number of rotatable bonds is 3. The van der Waals surface area contributed by atoms with Gasteiger partial charge in [0, 0.05) is 42.3 Å². The summed E-state index contributed by atoms with van der Waals surface area (Å²) in [6, 6.07) is 4.08. The summed E-state index contributed by atoms with van der Waals surface area (Å²) < 4.78 is 0. The van der Waals surface area contributed by atoms with Gasteiger partial charge in [-0.3, -0.25) is 9.59 Å². The first-order valence-electron chi connectivity index (χ1n) is 8.98. The number of fused-ring (bicyclic) bond motifs is 1. The molecule has 1 saturated heterocycles. The number of nitrogens with one attached hydrogen (secondary N) is 2. The maximum atomic E-state index is 13.2. The minimum Gasteiger partial charge on any atom is -0.481 e. The van der Waals surface area contributed by atoms with Gasteiger partial charge in [0.15, 0.2) is 0 Å². The maximum absolute atomic E-state index is 13.2. The molecule has 1 aliphatic rings. The Kier molecular flexibility index (Phi) is 4.02. The van der Waals surface area contributed by atoms with Gasteiger partial charge in [-0.2, -0.15) is 0 Å². The first-order chi connectivity index (χ1) is 12.9. The summed E-state index contributed by atoms with van der Waals surface area (Å²) in [7, 11) is 0. The molecule has 0 aliphatic carbocycles. The van der Waals surface area contributed by atoms with Crippen molar-refractivity contribution in [3.05, 3.63) is 52.7 Å². The van der Waals surface area contributed by atoms with Crippen molar-refractivity contribution in [2.75, 3.05) is 13.1 Å². The number of benzene rings is 1. The van der Waals surface area contributed by atoms with Crippen LogP contribution < -0.4 is 0 Å². The van der Waals surface area contributed by atoms with Crippen LogP contribution in [0.1, 0.15) is 38.9 Å². The SMILES string of the molecule is Cc1ccc(C)c2c(C)c(C(=O)N3C[C@H](C(=O)O)[C@@H](c4ncc[nH]4)C3)[nH]c12. The molecule has 7 nitrogen and oxygen atoms in total. The first kappa shape index (κ1) is 17.3. The van der Waals surface area contributed by atoms with E-state index in [4.69, 9.17) is 0 Å². The van der Waals surface area contributed by atoms with Gasteiger partial charge in [-0.1, -0.05) is 12.1 Å². The van der Waals surface area contributed by atoms with E-state index < -0.39 is 11.9 Å². The minimum absolute atomic E-state index is 0.164. The first-order valence-corrected chi connectivity index (χ1v) is 8.98. The predicted octanol–water partition coefficient (Wildman–Crippen LogP) is 2.76. The summed E-state index contributed by atoms with van der Waals surface area (Å²) in [5.41, 5.74) is 4.60. The van der Waals surface area contributed by atoms with Crippen molar-refractivity contribution in [3.8, 4) is 0 Å². The van der Waals surface area contributed by atoms with E-state index in [-0.39, 0.29) is 18.4 Å². The van der Waals surface area contributed by atoms with Gasteiger partial charge in [-0.15, -0.1) is 0 Å². The molecule has 0 saturated carbocycles. The van der Waals surface area contributed by atoms with E-state index in [1.807, 2.05) is 26.8 Å². The standard InChI is InChI=1S/C20H22N4O3/c1-10-4-5-11(2)16-15(10)12(3)17(23-16)19(25)24-8-13(14(9-24)20(26)27)18-21-6-7-22-18/h4-7,13-14,23H,8-9H2,1-3H3,(H,21,22)(H,26,27)/t13-,14-/m0/s1. The summed E-state index contributed by atoms with van der Waals surface area (Å²) in [4.78, 5) is 37.0. The van der Waals surface area contributed by atoms with Crippen molar-refractivity contribution in [3.63, 3.8) is 0 Å². The molecule has 0 spiro atoms. The molecule has 1 aliphatic heterocycles. The van der Waals surface area contributed by atoms with E-state index in [1.54, 1.807) is 17.3 Å². The normalized spacial score (nSPS) is 19.7. The van der Waals surface area contributed by atoms with Crippen molar-refractivity contribution in [1.29, 1.82) is 0 Å². The fourth-order valence-corrected chi connectivity index (χ4v) is 4.15. The summed E-state index contributed by atoms with van der Waals surface area (Å²) in [6.07, 6.45) is 3.28. The summed E-state index contributed by atoms with van der Waals surface area (Å²) >= 11 is 0. The quantitative estimate of drug-likeness (QED) is 0.663. The van der Waals surface area contributed by atoms with Gasteiger partial charge in [0.05, 0.1) is 5.92 Å². The van der Waals surface area contributed by atoms with Gasteiger partial charge in [0.1, 0.15) is 11.5 Å². The predicted molar refractivity (Wildman–Crippen MR) is 101 cm³/mol. The second-order valence-corrected chi connectivity index (χ2v) is 7.31. The molecule has 0 radical (unpaired) electrons. The molecule has 1 fully saturated rings. The van der Waals surface area contributed by atoms with Crippen LogP contribution in [0.4, 0.5) is 0 Å². The molecule has 7 heteroatoms. The van der Waals surface area contributed by atoms with Crippen molar-refractivity contribution in [1.82, 2.24) is 19.9 Å². The average molecular weight is 366 g/mol. The molecule has 1 amide bonds. The smallest absolute Gasteiger partial charge is 0.309 e. The Morgan fingerprint density at radius 2 is 1.93 bits per heavy atom. The number of aliphatic carboxylic acids is 1. The highest BCUT2D eigenvalue weighted by atomic mass is 16.4. The van der Waals surface area contributed by atoms with Gasteiger partial charge in [-0.25, -0.2) is 4.98 Å². The van der Waals surface area contributed by atoms with E-state index in [1.165, 1.54) is 0 Å². The highest BCUT2D eigenvalue weighted by Crippen LogP contribution is 2.34. The van der Waals surface area contributed by atoms with E-state index in [0.29, 0.717) is 18.1 Å². The molecular formula is C20H22N4O3. The molecule has 3 N–H and O–H groups in total. The van der Waals surface area contributed by atoms with Crippen molar-refractivity contribution in [2.45, 2.75) is 26.7 Å². The number of carboxylic acids is 1. The molecular weight excluding hydrogens is 344 g/mol. The van der Waals surface area contributed by atoms with Crippen molar-refractivity contribution in [2.24, 2.45) is 5.92 Å². The van der Waals surface area contributed by atoms with Crippen LogP contribution in [-0.4, -0.2) is 49.9 Å². The van der Waals surface area contributed by atoms with Crippen LogP contribution in [0.5, 0.6) is 0 Å². The number of amides is 1. The highest BCUT2D eigenvalue weighted by Gasteiger charge is 2.42. The van der Waals surface area contributed by atoms with E-state index in [0.717, 1.165) is 27.6 Å². The lowest BCUT2D eigenvalue weighted by atomic mass is 9.96. The van der Waals surface area contributed by atoms with E-state index in [9.17, 15) is 14.7 Å². The third-order valence-electron chi connectivity index (χ3n) is 5.63. The average Bonchev–Trinajstić information content (AvgIpc) is 3.35. The third-order valence-corrected chi connectivity index (χ3v) is 5.63. The van der Waals surface area contributed by atoms with Crippen molar-refractivity contribution >= 4 is 22.8 Å². The molecule has 0 bridgehead atoms.